The maximum Gasteiger partial charge on any atom is 0.134 e. The fourth-order valence-electron chi connectivity index (χ4n) is 2.65. The highest BCUT2D eigenvalue weighted by Crippen LogP contribution is 2.37. The Bertz CT molecular complexity index is 639. The molecule has 1 atom stereocenters. The topological polar surface area (TPSA) is 0 Å². The second-order valence-electron chi connectivity index (χ2n) is 5.27. The van der Waals surface area contributed by atoms with Gasteiger partial charge in [-0.3, -0.25) is 0 Å². The Morgan fingerprint density at radius 1 is 0.850 bits per heavy atom. The molecule has 0 heterocycles. The quantitative estimate of drug-likeness (QED) is 0.639. The Balaban J connectivity index is 2.64. The van der Waals surface area contributed by atoms with Gasteiger partial charge in [0.25, 0.3) is 0 Å². The van der Waals surface area contributed by atoms with Gasteiger partial charge < -0.3 is 0 Å². The van der Waals surface area contributed by atoms with Crippen molar-refractivity contribution in [2.45, 2.75) is 33.1 Å². The average molecular weight is 295 g/mol. The summed E-state index contributed by atoms with van der Waals surface area (Å²) in [4.78, 5) is 0. The molecule has 0 aromatic heterocycles. The largest absolute Gasteiger partial charge is 0.207 e. The van der Waals surface area contributed by atoms with E-state index in [4.69, 9.17) is 11.6 Å². The molecule has 106 valence electrons. The summed E-state index contributed by atoms with van der Waals surface area (Å²) in [6.07, 6.45) is 0. The van der Waals surface area contributed by atoms with Crippen LogP contribution in [0.25, 0.3) is 0 Å². The summed E-state index contributed by atoms with van der Waals surface area (Å²) in [6, 6.07) is 6.64. The number of alkyl halides is 1. The molecule has 0 spiro atoms. The van der Waals surface area contributed by atoms with E-state index in [0.717, 1.165) is 22.3 Å². The Morgan fingerprint density at radius 3 is 1.95 bits per heavy atom. The van der Waals surface area contributed by atoms with Gasteiger partial charge in [-0.2, -0.15) is 0 Å². The van der Waals surface area contributed by atoms with E-state index < -0.39 is 17.0 Å². The molecule has 0 nitrogen and oxygen atoms in total. The van der Waals surface area contributed by atoms with E-state index >= 15 is 0 Å². The maximum atomic E-state index is 14.2. The van der Waals surface area contributed by atoms with E-state index in [-0.39, 0.29) is 5.56 Å². The first-order valence-electron chi connectivity index (χ1n) is 6.49. The number of hydrogen-bond donors (Lipinski definition) is 0. The van der Waals surface area contributed by atoms with E-state index in [9.17, 15) is 8.78 Å². The minimum absolute atomic E-state index is 0.0679. The van der Waals surface area contributed by atoms with Crippen molar-refractivity contribution in [2.24, 2.45) is 0 Å². The highest BCUT2D eigenvalue weighted by Gasteiger charge is 2.24. The molecule has 0 aliphatic rings. The molecule has 2 aromatic carbocycles. The summed E-state index contributed by atoms with van der Waals surface area (Å²) in [7, 11) is 0. The van der Waals surface area contributed by atoms with Gasteiger partial charge in [0.1, 0.15) is 11.6 Å². The van der Waals surface area contributed by atoms with Crippen LogP contribution in [-0.4, -0.2) is 0 Å². The van der Waals surface area contributed by atoms with Crippen LogP contribution in [0.3, 0.4) is 0 Å². The number of rotatable bonds is 2. The Labute approximate surface area is 123 Å². The number of benzene rings is 2. The number of halogens is 3. The van der Waals surface area contributed by atoms with Crippen LogP contribution < -0.4 is 0 Å². The van der Waals surface area contributed by atoms with Gasteiger partial charge in [-0.1, -0.05) is 23.8 Å². The number of hydrogen-bond acceptors (Lipinski definition) is 0. The first-order valence-corrected chi connectivity index (χ1v) is 6.93. The lowest BCUT2D eigenvalue weighted by molar-refractivity contribution is 0.553. The predicted molar refractivity (Wildman–Crippen MR) is 79.4 cm³/mol. The summed E-state index contributed by atoms with van der Waals surface area (Å²) in [5.41, 5.74) is 4.11. The molecule has 2 aromatic rings. The second-order valence-corrected chi connectivity index (χ2v) is 5.70. The third-order valence-electron chi connectivity index (χ3n) is 3.56. The van der Waals surface area contributed by atoms with Crippen molar-refractivity contribution in [3.05, 3.63) is 69.3 Å². The molecule has 0 amide bonds. The van der Waals surface area contributed by atoms with Crippen molar-refractivity contribution < 1.29 is 8.78 Å². The third-order valence-corrected chi connectivity index (χ3v) is 4.00. The van der Waals surface area contributed by atoms with Crippen molar-refractivity contribution in [1.29, 1.82) is 0 Å². The van der Waals surface area contributed by atoms with Gasteiger partial charge in [0, 0.05) is 5.56 Å². The average Bonchev–Trinajstić information content (AvgIpc) is 2.33. The van der Waals surface area contributed by atoms with Crippen molar-refractivity contribution in [3.8, 4) is 0 Å². The highest BCUT2D eigenvalue weighted by molar-refractivity contribution is 6.22. The summed E-state index contributed by atoms with van der Waals surface area (Å²) < 4.78 is 28.2. The molecule has 0 fully saturated rings. The van der Waals surface area contributed by atoms with Crippen molar-refractivity contribution in [3.63, 3.8) is 0 Å². The van der Waals surface area contributed by atoms with Gasteiger partial charge >= 0.3 is 0 Å². The standard InChI is InChI=1S/C17H17ClF2/c1-9-7-11(3)14(12(4)8-9)16(18)15-13(19)6-5-10(2)17(15)20/h5-8,16H,1-4H3. The van der Waals surface area contributed by atoms with Gasteiger partial charge in [0.15, 0.2) is 0 Å². The van der Waals surface area contributed by atoms with Crippen molar-refractivity contribution in [1.82, 2.24) is 0 Å². The first-order chi connectivity index (χ1) is 9.32. The van der Waals surface area contributed by atoms with E-state index in [1.807, 2.05) is 32.9 Å². The molecule has 0 radical (unpaired) electrons. The van der Waals surface area contributed by atoms with E-state index in [2.05, 4.69) is 0 Å². The number of aryl methyl sites for hydroxylation is 4. The lowest BCUT2D eigenvalue weighted by atomic mass is 9.92. The van der Waals surface area contributed by atoms with Gasteiger partial charge in [0.2, 0.25) is 0 Å². The lowest BCUT2D eigenvalue weighted by Gasteiger charge is -2.19. The van der Waals surface area contributed by atoms with Crippen molar-refractivity contribution >= 4 is 11.6 Å². The van der Waals surface area contributed by atoms with Crippen LogP contribution in [0.2, 0.25) is 0 Å². The van der Waals surface area contributed by atoms with Crippen LogP contribution in [-0.2, 0) is 0 Å². The molecule has 0 aliphatic carbocycles. The molecule has 3 heteroatoms. The maximum absolute atomic E-state index is 14.2. The molecule has 0 aliphatic heterocycles. The fourth-order valence-corrected chi connectivity index (χ4v) is 3.19. The summed E-state index contributed by atoms with van der Waals surface area (Å²) in [5.74, 6) is -1.17. The van der Waals surface area contributed by atoms with Crippen molar-refractivity contribution in [2.75, 3.05) is 0 Å². The predicted octanol–water partition coefficient (Wildman–Crippen LogP) is 5.53. The van der Waals surface area contributed by atoms with Crippen LogP contribution in [0.5, 0.6) is 0 Å². The zero-order chi connectivity index (χ0) is 15.0. The molecule has 20 heavy (non-hydrogen) atoms. The lowest BCUT2D eigenvalue weighted by Crippen LogP contribution is -2.06. The Morgan fingerprint density at radius 2 is 1.40 bits per heavy atom. The summed E-state index contributed by atoms with van der Waals surface area (Å²) in [5, 5.41) is -0.824. The van der Waals surface area contributed by atoms with Crippen LogP contribution >= 0.6 is 11.6 Å². The van der Waals surface area contributed by atoms with Gasteiger partial charge in [-0.05, 0) is 56.0 Å². The van der Waals surface area contributed by atoms with Crippen LogP contribution in [0, 0.1) is 39.3 Å². The van der Waals surface area contributed by atoms with Crippen LogP contribution in [0.4, 0.5) is 8.78 Å². The summed E-state index contributed by atoms with van der Waals surface area (Å²) >= 11 is 6.40. The second kappa shape index (κ2) is 5.53. The molecule has 0 saturated carbocycles. The van der Waals surface area contributed by atoms with E-state index in [1.165, 1.54) is 12.1 Å². The minimum atomic E-state index is -0.824. The molecule has 0 bridgehead atoms. The molecule has 2 rings (SSSR count). The molecule has 1 unspecified atom stereocenters. The minimum Gasteiger partial charge on any atom is -0.207 e. The monoisotopic (exact) mass is 294 g/mol. The SMILES string of the molecule is Cc1cc(C)c(C(Cl)c2c(F)ccc(C)c2F)c(C)c1. The highest BCUT2D eigenvalue weighted by atomic mass is 35.5. The van der Waals surface area contributed by atoms with E-state index in [0.29, 0.717) is 5.56 Å². The normalized spacial score (nSPS) is 12.6. The third kappa shape index (κ3) is 2.57. The zero-order valence-corrected chi connectivity index (χ0v) is 12.8. The molecular formula is C17H17ClF2. The zero-order valence-electron chi connectivity index (χ0n) is 12.0. The summed E-state index contributed by atoms with van der Waals surface area (Å²) in [6.45, 7) is 7.42. The molecule has 0 N–H and O–H groups in total. The fraction of sp³-hybridized carbons (Fsp3) is 0.294. The van der Waals surface area contributed by atoms with Gasteiger partial charge in [-0.15, -0.1) is 11.6 Å². The smallest absolute Gasteiger partial charge is 0.134 e. The van der Waals surface area contributed by atoms with Gasteiger partial charge in [0.05, 0.1) is 5.38 Å². The van der Waals surface area contributed by atoms with E-state index in [1.54, 1.807) is 6.92 Å². The van der Waals surface area contributed by atoms with Crippen LogP contribution in [0.1, 0.15) is 38.8 Å². The van der Waals surface area contributed by atoms with Crippen LogP contribution in [0.15, 0.2) is 24.3 Å². The Kier molecular flexibility index (Phi) is 4.14. The molecule has 0 saturated heterocycles. The van der Waals surface area contributed by atoms with Gasteiger partial charge in [-0.25, -0.2) is 8.78 Å². The Hall–Kier alpha value is -1.41. The molecular weight excluding hydrogens is 278 g/mol. The first kappa shape index (κ1) is 15.0.